The Morgan fingerprint density at radius 2 is 1.24 bits per heavy atom. The van der Waals surface area contributed by atoms with Gasteiger partial charge in [-0.25, -0.2) is 0 Å². The average Bonchev–Trinajstić information content (AvgIpc) is 2.24. The van der Waals surface area contributed by atoms with Crippen molar-refractivity contribution in [3.05, 3.63) is 0 Å². The third kappa shape index (κ3) is 5.82. The molecule has 0 aliphatic heterocycles. The molecule has 2 aliphatic rings. The molecule has 17 heavy (non-hydrogen) atoms. The van der Waals surface area contributed by atoms with Crippen LogP contribution in [0.1, 0.15) is 51.9 Å². The predicted octanol–water partition coefficient (Wildman–Crippen LogP) is 0.676. The van der Waals surface area contributed by atoms with Crippen LogP contribution in [0.3, 0.4) is 0 Å². The van der Waals surface area contributed by atoms with Crippen LogP contribution in [0.4, 0.5) is 0 Å². The van der Waals surface area contributed by atoms with E-state index < -0.39 is 0 Å². The van der Waals surface area contributed by atoms with Gasteiger partial charge in [-0.1, -0.05) is 13.3 Å². The molecule has 4 heteroatoms. The van der Waals surface area contributed by atoms with Gasteiger partial charge in [0, 0.05) is 24.2 Å². The first-order valence-corrected chi connectivity index (χ1v) is 7.01. The predicted molar refractivity (Wildman–Crippen MR) is 73.4 cm³/mol. The average molecular weight is 242 g/mol. The van der Waals surface area contributed by atoms with E-state index in [0.717, 1.165) is 19.3 Å². The topological polar surface area (TPSA) is 104 Å². The summed E-state index contributed by atoms with van der Waals surface area (Å²) < 4.78 is 0. The van der Waals surface area contributed by atoms with E-state index in [1.54, 1.807) is 0 Å². The molecule has 5 unspecified atom stereocenters. The standard InChI is InChI=1S/C7H16N2.C6H14N2/c1-5-2-3-6(8)4-7(5)9;7-5-2-1-3-6(8)4-5/h5-7H,2-4,8-9H2,1H3;5-6H,1-4,7-8H2. The molecule has 102 valence electrons. The molecule has 0 aromatic carbocycles. The first-order chi connectivity index (χ1) is 7.99. The van der Waals surface area contributed by atoms with Gasteiger partial charge in [0.05, 0.1) is 0 Å². The summed E-state index contributed by atoms with van der Waals surface area (Å²) >= 11 is 0. The van der Waals surface area contributed by atoms with Crippen molar-refractivity contribution in [1.29, 1.82) is 0 Å². The molecule has 5 atom stereocenters. The maximum atomic E-state index is 5.79. The molecule has 8 N–H and O–H groups in total. The second kappa shape index (κ2) is 7.31. The van der Waals surface area contributed by atoms with Crippen LogP contribution >= 0.6 is 0 Å². The van der Waals surface area contributed by atoms with E-state index in [2.05, 4.69) is 6.92 Å². The van der Waals surface area contributed by atoms with E-state index >= 15 is 0 Å². The molecule has 2 aliphatic carbocycles. The Bertz CT molecular complexity index is 202. The van der Waals surface area contributed by atoms with Crippen LogP contribution in [0.5, 0.6) is 0 Å². The lowest BCUT2D eigenvalue weighted by Crippen LogP contribution is -2.40. The maximum Gasteiger partial charge on any atom is 0.00792 e. The Hall–Kier alpha value is -0.160. The molecule has 2 saturated carbocycles. The second-order valence-corrected chi connectivity index (χ2v) is 5.90. The molecule has 2 rings (SSSR count). The van der Waals surface area contributed by atoms with Gasteiger partial charge in [-0.2, -0.15) is 0 Å². The quantitative estimate of drug-likeness (QED) is 0.501. The van der Waals surface area contributed by atoms with Gasteiger partial charge in [0.2, 0.25) is 0 Å². The van der Waals surface area contributed by atoms with Gasteiger partial charge in [-0.3, -0.25) is 0 Å². The largest absolute Gasteiger partial charge is 0.328 e. The van der Waals surface area contributed by atoms with Crippen LogP contribution in [0, 0.1) is 5.92 Å². The zero-order valence-electron chi connectivity index (χ0n) is 11.1. The van der Waals surface area contributed by atoms with E-state index in [4.69, 9.17) is 22.9 Å². The Morgan fingerprint density at radius 3 is 1.59 bits per heavy atom. The highest BCUT2D eigenvalue weighted by atomic mass is 14.7. The highest BCUT2D eigenvalue weighted by Crippen LogP contribution is 2.21. The fraction of sp³-hybridized carbons (Fsp3) is 1.00. The number of hydrogen-bond acceptors (Lipinski definition) is 4. The molecule has 0 radical (unpaired) electrons. The summed E-state index contributed by atoms with van der Waals surface area (Å²) in [6, 6.07) is 1.50. The first-order valence-electron chi connectivity index (χ1n) is 7.01. The molecular weight excluding hydrogens is 212 g/mol. The zero-order valence-corrected chi connectivity index (χ0v) is 11.1. The van der Waals surface area contributed by atoms with Gasteiger partial charge in [0.1, 0.15) is 0 Å². The van der Waals surface area contributed by atoms with Crippen LogP contribution in [0.25, 0.3) is 0 Å². The lowest BCUT2D eigenvalue weighted by atomic mass is 9.84. The van der Waals surface area contributed by atoms with Crippen molar-refractivity contribution < 1.29 is 0 Å². The van der Waals surface area contributed by atoms with Crippen molar-refractivity contribution in [3.8, 4) is 0 Å². The smallest absolute Gasteiger partial charge is 0.00792 e. The normalized spacial score (nSPS) is 42.5. The van der Waals surface area contributed by atoms with E-state index in [9.17, 15) is 0 Å². The summed E-state index contributed by atoms with van der Waals surface area (Å²) in [7, 11) is 0. The third-order valence-electron chi connectivity index (χ3n) is 4.05. The Kier molecular flexibility index (Phi) is 6.41. The lowest BCUT2D eigenvalue weighted by molar-refractivity contribution is 0.301. The van der Waals surface area contributed by atoms with Gasteiger partial charge < -0.3 is 22.9 Å². The van der Waals surface area contributed by atoms with Crippen molar-refractivity contribution in [2.75, 3.05) is 0 Å². The minimum absolute atomic E-state index is 0.355. The summed E-state index contributed by atoms with van der Waals surface area (Å²) in [6.07, 6.45) is 7.99. The van der Waals surface area contributed by atoms with Gasteiger partial charge in [0.25, 0.3) is 0 Å². The number of nitrogens with two attached hydrogens (primary N) is 4. The molecular formula is C13H30N4. The van der Waals surface area contributed by atoms with E-state index in [-0.39, 0.29) is 0 Å². The minimum Gasteiger partial charge on any atom is -0.328 e. The van der Waals surface area contributed by atoms with Crippen molar-refractivity contribution in [2.45, 2.75) is 76.0 Å². The highest BCUT2D eigenvalue weighted by Gasteiger charge is 2.21. The molecule has 0 heterocycles. The minimum atomic E-state index is 0.355. The van der Waals surface area contributed by atoms with Crippen LogP contribution in [0.15, 0.2) is 0 Å². The molecule has 2 fully saturated rings. The first kappa shape index (κ1) is 14.9. The maximum absolute atomic E-state index is 5.79. The molecule has 0 amide bonds. The van der Waals surface area contributed by atoms with E-state index in [1.165, 1.54) is 25.7 Å². The third-order valence-corrected chi connectivity index (χ3v) is 4.05. The van der Waals surface area contributed by atoms with Crippen molar-refractivity contribution >= 4 is 0 Å². The van der Waals surface area contributed by atoms with Crippen molar-refractivity contribution in [3.63, 3.8) is 0 Å². The van der Waals surface area contributed by atoms with E-state index in [1.807, 2.05) is 0 Å². The molecule has 0 aromatic rings. The summed E-state index contributed by atoms with van der Waals surface area (Å²) in [6.45, 7) is 2.20. The van der Waals surface area contributed by atoms with Crippen LogP contribution in [0.2, 0.25) is 0 Å². The van der Waals surface area contributed by atoms with Crippen LogP contribution in [-0.2, 0) is 0 Å². The van der Waals surface area contributed by atoms with E-state index in [0.29, 0.717) is 30.1 Å². The summed E-state index contributed by atoms with van der Waals surface area (Å²) in [5.41, 5.74) is 22.8. The van der Waals surface area contributed by atoms with Crippen LogP contribution < -0.4 is 22.9 Å². The van der Waals surface area contributed by atoms with Gasteiger partial charge in [0.15, 0.2) is 0 Å². The van der Waals surface area contributed by atoms with Gasteiger partial charge in [-0.15, -0.1) is 0 Å². The molecule has 0 bridgehead atoms. The summed E-state index contributed by atoms with van der Waals surface area (Å²) in [5.74, 6) is 0.685. The SMILES string of the molecule is CC1CCC(N)CC1N.NC1CCCC(N)C1. The molecule has 0 aromatic heterocycles. The summed E-state index contributed by atoms with van der Waals surface area (Å²) in [4.78, 5) is 0. The molecule has 4 nitrogen and oxygen atoms in total. The fourth-order valence-corrected chi connectivity index (χ4v) is 2.66. The summed E-state index contributed by atoms with van der Waals surface area (Å²) in [5, 5.41) is 0. The van der Waals surface area contributed by atoms with Crippen LogP contribution in [-0.4, -0.2) is 24.2 Å². The zero-order chi connectivity index (χ0) is 12.8. The fourth-order valence-electron chi connectivity index (χ4n) is 2.66. The van der Waals surface area contributed by atoms with Gasteiger partial charge in [-0.05, 0) is 44.4 Å². The van der Waals surface area contributed by atoms with Gasteiger partial charge >= 0.3 is 0 Å². The highest BCUT2D eigenvalue weighted by molar-refractivity contribution is 4.81. The number of rotatable bonds is 0. The molecule has 0 spiro atoms. The Balaban J connectivity index is 0.000000171. The second-order valence-electron chi connectivity index (χ2n) is 5.90. The monoisotopic (exact) mass is 242 g/mol. The van der Waals surface area contributed by atoms with Crippen molar-refractivity contribution in [2.24, 2.45) is 28.9 Å². The Morgan fingerprint density at radius 1 is 0.706 bits per heavy atom. The van der Waals surface area contributed by atoms with Crippen molar-refractivity contribution in [1.82, 2.24) is 0 Å². The number of hydrogen-bond donors (Lipinski definition) is 4. The molecule has 0 saturated heterocycles. The lowest BCUT2D eigenvalue weighted by Gasteiger charge is -2.29. The Labute approximate surface area is 105 Å².